The van der Waals surface area contributed by atoms with E-state index < -0.39 is 5.82 Å². The molecule has 0 saturated heterocycles. The van der Waals surface area contributed by atoms with Crippen LogP contribution in [0, 0.1) is 26.6 Å². The van der Waals surface area contributed by atoms with E-state index in [1.165, 1.54) is 11.8 Å². The monoisotopic (exact) mass is 350 g/mol. The molecule has 4 nitrogen and oxygen atoms in total. The number of benzene rings is 2. The Balaban J connectivity index is 1.85. The zero-order chi connectivity index (χ0) is 18.7. The van der Waals surface area contributed by atoms with Crippen LogP contribution in [0.3, 0.4) is 0 Å². The molecule has 1 heterocycles. The van der Waals surface area contributed by atoms with E-state index >= 15 is 0 Å². The van der Waals surface area contributed by atoms with Gasteiger partial charge in [-0.3, -0.25) is 0 Å². The van der Waals surface area contributed by atoms with E-state index in [1.807, 2.05) is 45.0 Å². The van der Waals surface area contributed by atoms with Crippen LogP contribution in [0.25, 0.3) is 0 Å². The topological polar surface area (TPSA) is 49.8 Å². The van der Waals surface area contributed by atoms with Gasteiger partial charge in [-0.15, -0.1) is 0 Å². The molecule has 0 atom stereocenters. The van der Waals surface area contributed by atoms with Crippen molar-refractivity contribution in [3.8, 4) is 0 Å². The summed E-state index contributed by atoms with van der Waals surface area (Å²) in [5.74, 6) is 0.0110. The second kappa shape index (κ2) is 7.52. The fourth-order valence-corrected chi connectivity index (χ4v) is 2.80. The first-order valence-electron chi connectivity index (χ1n) is 8.69. The fraction of sp³-hybridized carbons (Fsp3) is 0.238. The summed E-state index contributed by atoms with van der Waals surface area (Å²) < 4.78 is 14.2. The van der Waals surface area contributed by atoms with Gasteiger partial charge in [0.25, 0.3) is 0 Å². The first kappa shape index (κ1) is 17.9. The van der Waals surface area contributed by atoms with E-state index in [9.17, 15) is 4.39 Å². The minimum absolute atomic E-state index is 0.150. The molecule has 2 aromatic carbocycles. The van der Waals surface area contributed by atoms with Crippen molar-refractivity contribution in [1.82, 2.24) is 9.97 Å². The Hall–Kier alpha value is -2.95. The number of hydrogen-bond acceptors (Lipinski definition) is 4. The van der Waals surface area contributed by atoms with Crippen LogP contribution in [-0.4, -0.2) is 9.97 Å². The first-order chi connectivity index (χ1) is 12.5. The van der Waals surface area contributed by atoms with Crippen LogP contribution in [0.2, 0.25) is 0 Å². The van der Waals surface area contributed by atoms with Gasteiger partial charge in [0.15, 0.2) is 11.6 Å². The maximum atomic E-state index is 14.2. The molecule has 1 aromatic heterocycles. The minimum atomic E-state index is -0.492. The van der Waals surface area contributed by atoms with Gasteiger partial charge < -0.3 is 10.6 Å². The smallest absolute Gasteiger partial charge is 0.229 e. The summed E-state index contributed by atoms with van der Waals surface area (Å²) in [6.07, 6.45) is 2.16. The first-order valence-corrected chi connectivity index (χ1v) is 8.69. The number of halogens is 1. The summed E-state index contributed by atoms with van der Waals surface area (Å²) >= 11 is 0. The average Bonchev–Trinajstić information content (AvgIpc) is 2.61. The van der Waals surface area contributed by atoms with Crippen molar-refractivity contribution in [2.75, 3.05) is 10.6 Å². The van der Waals surface area contributed by atoms with Crippen LogP contribution in [0.5, 0.6) is 0 Å². The van der Waals surface area contributed by atoms with E-state index in [2.05, 4.69) is 39.7 Å². The van der Waals surface area contributed by atoms with E-state index in [0.717, 1.165) is 34.5 Å². The Kier molecular flexibility index (Phi) is 5.16. The maximum Gasteiger partial charge on any atom is 0.229 e. The van der Waals surface area contributed by atoms with Gasteiger partial charge in [0.1, 0.15) is 0 Å². The number of aromatic nitrogens is 2. The second-order valence-corrected chi connectivity index (χ2v) is 6.46. The summed E-state index contributed by atoms with van der Waals surface area (Å²) in [4.78, 5) is 8.36. The molecule has 0 amide bonds. The molecule has 134 valence electrons. The molecule has 26 heavy (non-hydrogen) atoms. The van der Waals surface area contributed by atoms with Crippen molar-refractivity contribution < 1.29 is 4.39 Å². The molecule has 3 aromatic rings. The van der Waals surface area contributed by atoms with Crippen molar-refractivity contribution >= 4 is 23.1 Å². The molecule has 0 aliphatic carbocycles. The Labute approximate surface area is 153 Å². The molecule has 0 bridgehead atoms. The third kappa shape index (κ3) is 3.99. The molecule has 0 aliphatic heterocycles. The van der Waals surface area contributed by atoms with Gasteiger partial charge in [-0.05, 0) is 56.0 Å². The Morgan fingerprint density at radius 1 is 0.923 bits per heavy atom. The largest absolute Gasteiger partial charge is 0.337 e. The predicted octanol–water partition coefficient (Wildman–Crippen LogP) is 5.59. The Bertz CT molecular complexity index is 937. The standard InChI is InChI=1S/C21H23FN4/c1-5-16-7-9-19(15(4)11-16)25-21-23-12-17(22)20(26-21)24-18-8-6-13(2)10-14(18)3/h6-12H,5H2,1-4H3,(H2,23,24,25,26). The molecule has 0 unspecified atom stereocenters. The summed E-state index contributed by atoms with van der Waals surface area (Å²) in [6, 6.07) is 12.1. The van der Waals surface area contributed by atoms with Crippen LogP contribution < -0.4 is 10.6 Å². The number of nitrogens with one attached hydrogen (secondary N) is 2. The van der Waals surface area contributed by atoms with Gasteiger partial charge in [-0.25, -0.2) is 9.37 Å². The SMILES string of the molecule is CCc1ccc(Nc2ncc(F)c(Nc3ccc(C)cc3C)n2)c(C)c1. The molecular formula is C21H23FN4. The lowest BCUT2D eigenvalue weighted by atomic mass is 10.1. The van der Waals surface area contributed by atoms with Gasteiger partial charge in [-0.1, -0.05) is 36.8 Å². The Morgan fingerprint density at radius 3 is 2.31 bits per heavy atom. The third-order valence-electron chi connectivity index (χ3n) is 4.32. The van der Waals surface area contributed by atoms with E-state index in [1.54, 1.807) is 0 Å². The third-order valence-corrected chi connectivity index (χ3v) is 4.32. The van der Waals surface area contributed by atoms with Crippen molar-refractivity contribution in [1.29, 1.82) is 0 Å². The van der Waals surface area contributed by atoms with Gasteiger partial charge in [-0.2, -0.15) is 4.98 Å². The lowest BCUT2D eigenvalue weighted by Gasteiger charge is -2.13. The van der Waals surface area contributed by atoms with E-state index in [-0.39, 0.29) is 5.82 Å². The molecule has 0 spiro atoms. The zero-order valence-corrected chi connectivity index (χ0v) is 15.5. The van der Waals surface area contributed by atoms with Crippen LogP contribution in [0.1, 0.15) is 29.2 Å². The fourth-order valence-electron chi connectivity index (χ4n) is 2.80. The summed E-state index contributed by atoms with van der Waals surface area (Å²) in [5.41, 5.74) is 6.29. The van der Waals surface area contributed by atoms with Crippen LogP contribution in [0.15, 0.2) is 42.6 Å². The zero-order valence-electron chi connectivity index (χ0n) is 15.5. The molecule has 0 radical (unpaired) electrons. The number of hydrogen-bond donors (Lipinski definition) is 2. The molecule has 3 rings (SSSR count). The number of anilines is 4. The quantitative estimate of drug-likeness (QED) is 0.630. The number of aryl methyl sites for hydroxylation is 4. The van der Waals surface area contributed by atoms with Crippen molar-refractivity contribution in [2.24, 2.45) is 0 Å². The van der Waals surface area contributed by atoms with Crippen LogP contribution >= 0.6 is 0 Å². The number of rotatable bonds is 5. The molecule has 0 saturated carbocycles. The minimum Gasteiger partial charge on any atom is -0.337 e. The lowest BCUT2D eigenvalue weighted by Crippen LogP contribution is -2.05. The van der Waals surface area contributed by atoms with Crippen molar-refractivity contribution in [3.63, 3.8) is 0 Å². The molecule has 2 N–H and O–H groups in total. The normalized spacial score (nSPS) is 10.7. The molecule has 5 heteroatoms. The average molecular weight is 350 g/mol. The number of nitrogens with zero attached hydrogens (tertiary/aromatic N) is 2. The predicted molar refractivity (Wildman–Crippen MR) is 105 cm³/mol. The van der Waals surface area contributed by atoms with Crippen LogP contribution in [0.4, 0.5) is 27.5 Å². The van der Waals surface area contributed by atoms with Gasteiger partial charge in [0, 0.05) is 11.4 Å². The second-order valence-electron chi connectivity index (χ2n) is 6.46. The molecular weight excluding hydrogens is 327 g/mol. The maximum absolute atomic E-state index is 14.2. The highest BCUT2D eigenvalue weighted by Gasteiger charge is 2.10. The van der Waals surface area contributed by atoms with Crippen molar-refractivity contribution in [2.45, 2.75) is 34.1 Å². The Morgan fingerprint density at radius 2 is 1.62 bits per heavy atom. The van der Waals surface area contributed by atoms with Crippen LogP contribution in [-0.2, 0) is 6.42 Å². The highest BCUT2D eigenvalue weighted by molar-refractivity contribution is 5.64. The summed E-state index contributed by atoms with van der Waals surface area (Å²) in [5, 5.41) is 6.23. The summed E-state index contributed by atoms with van der Waals surface area (Å²) in [6.45, 7) is 8.15. The van der Waals surface area contributed by atoms with Gasteiger partial charge in [0.05, 0.1) is 6.20 Å². The van der Waals surface area contributed by atoms with Gasteiger partial charge >= 0.3 is 0 Å². The van der Waals surface area contributed by atoms with E-state index in [0.29, 0.717) is 5.95 Å². The molecule has 0 aliphatic rings. The lowest BCUT2D eigenvalue weighted by molar-refractivity contribution is 0.619. The van der Waals surface area contributed by atoms with E-state index in [4.69, 9.17) is 0 Å². The highest BCUT2D eigenvalue weighted by Crippen LogP contribution is 2.24. The highest BCUT2D eigenvalue weighted by atomic mass is 19.1. The molecule has 0 fully saturated rings. The van der Waals surface area contributed by atoms with Gasteiger partial charge in [0.2, 0.25) is 5.95 Å². The van der Waals surface area contributed by atoms with Crippen molar-refractivity contribution in [3.05, 3.63) is 70.7 Å². The summed E-state index contributed by atoms with van der Waals surface area (Å²) in [7, 11) is 0.